The Hall–Kier alpha value is -0.100. The highest BCUT2D eigenvalue weighted by molar-refractivity contribution is 7.99. The van der Waals surface area contributed by atoms with Crippen molar-refractivity contribution in [2.24, 2.45) is 0 Å². The second-order valence-electron chi connectivity index (χ2n) is 3.33. The third-order valence-electron chi connectivity index (χ3n) is 1.78. The van der Waals surface area contributed by atoms with Crippen molar-refractivity contribution in [2.75, 3.05) is 14.2 Å². The molecule has 1 rings (SSSR count). The minimum absolute atomic E-state index is 0.334. The van der Waals surface area contributed by atoms with Crippen molar-refractivity contribution in [2.45, 2.75) is 31.1 Å². The molecule has 86 valence electrons. The van der Waals surface area contributed by atoms with Gasteiger partial charge in [-0.15, -0.1) is 11.3 Å². The molecule has 0 aromatic carbocycles. The normalized spacial score (nSPS) is 11.6. The maximum absolute atomic E-state index is 5.14. The van der Waals surface area contributed by atoms with E-state index in [0.717, 1.165) is 16.5 Å². The molecule has 0 amide bonds. The number of rotatable bonds is 6. The number of hydrogen-bond donors (Lipinski definition) is 0. The van der Waals surface area contributed by atoms with Gasteiger partial charge in [-0.05, 0) is 5.25 Å². The molecule has 0 saturated carbocycles. The molecule has 1 aromatic heterocycles. The summed E-state index contributed by atoms with van der Waals surface area (Å²) >= 11 is 3.55. The molecule has 0 radical (unpaired) electrons. The van der Waals surface area contributed by atoms with Crippen LogP contribution in [0.2, 0.25) is 0 Å². The van der Waals surface area contributed by atoms with Crippen molar-refractivity contribution < 1.29 is 9.47 Å². The lowest BCUT2D eigenvalue weighted by Crippen LogP contribution is -2.04. The van der Waals surface area contributed by atoms with Crippen LogP contribution in [-0.4, -0.2) is 24.5 Å². The predicted molar refractivity (Wildman–Crippen MR) is 65.3 cm³/mol. The van der Waals surface area contributed by atoms with Crippen molar-refractivity contribution in [1.82, 2.24) is 4.98 Å². The third-order valence-corrected chi connectivity index (χ3v) is 3.94. The Balaban J connectivity index is 2.55. The lowest BCUT2D eigenvalue weighted by Gasteiger charge is -2.09. The van der Waals surface area contributed by atoms with E-state index in [1.54, 1.807) is 25.6 Å². The molecule has 0 aliphatic heterocycles. The van der Waals surface area contributed by atoms with E-state index in [2.05, 4.69) is 18.8 Å². The van der Waals surface area contributed by atoms with Gasteiger partial charge in [0.05, 0.1) is 0 Å². The minimum atomic E-state index is -0.334. The van der Waals surface area contributed by atoms with Crippen molar-refractivity contribution in [3.05, 3.63) is 16.1 Å². The monoisotopic (exact) mass is 247 g/mol. The average Bonchev–Trinajstić information content (AvgIpc) is 2.65. The summed E-state index contributed by atoms with van der Waals surface area (Å²) in [5.74, 6) is 0.961. The summed E-state index contributed by atoms with van der Waals surface area (Å²) < 4.78 is 10.3. The van der Waals surface area contributed by atoms with Gasteiger partial charge in [0, 0.05) is 25.4 Å². The van der Waals surface area contributed by atoms with Crippen LogP contribution in [-0.2, 0) is 15.2 Å². The predicted octanol–water partition coefficient (Wildman–Crippen LogP) is 3.08. The molecule has 5 heteroatoms. The van der Waals surface area contributed by atoms with Crippen LogP contribution in [0, 0.1) is 0 Å². The third kappa shape index (κ3) is 4.10. The van der Waals surface area contributed by atoms with Crippen LogP contribution >= 0.6 is 23.1 Å². The van der Waals surface area contributed by atoms with Crippen LogP contribution in [0.4, 0.5) is 0 Å². The molecule has 0 aliphatic carbocycles. The molecule has 1 aromatic rings. The lowest BCUT2D eigenvalue weighted by molar-refractivity contribution is -0.108. The number of hydrogen-bond acceptors (Lipinski definition) is 5. The Labute approximate surface area is 99.2 Å². The fourth-order valence-corrected chi connectivity index (χ4v) is 2.67. The number of aromatic nitrogens is 1. The zero-order valence-corrected chi connectivity index (χ0v) is 11.2. The van der Waals surface area contributed by atoms with E-state index in [4.69, 9.17) is 9.47 Å². The van der Waals surface area contributed by atoms with Crippen molar-refractivity contribution in [3.8, 4) is 0 Å². The van der Waals surface area contributed by atoms with Gasteiger partial charge < -0.3 is 9.47 Å². The van der Waals surface area contributed by atoms with Gasteiger partial charge in [0.1, 0.15) is 10.7 Å². The Kier molecular flexibility index (Phi) is 5.60. The Bertz CT molecular complexity index is 285. The molecule has 0 spiro atoms. The van der Waals surface area contributed by atoms with E-state index in [-0.39, 0.29) is 6.29 Å². The molecular formula is C10H17NO2S2. The van der Waals surface area contributed by atoms with Crippen LogP contribution in [0.1, 0.15) is 30.8 Å². The highest BCUT2D eigenvalue weighted by atomic mass is 32.2. The van der Waals surface area contributed by atoms with Gasteiger partial charge in [0.15, 0.2) is 0 Å². The molecule has 0 atom stereocenters. The SMILES string of the molecule is COC(OC)c1csc(CSC(C)C)n1. The summed E-state index contributed by atoms with van der Waals surface area (Å²) in [4.78, 5) is 4.47. The van der Waals surface area contributed by atoms with E-state index in [1.807, 2.05) is 17.1 Å². The summed E-state index contributed by atoms with van der Waals surface area (Å²) in [6, 6.07) is 0. The molecule has 0 unspecified atom stereocenters. The van der Waals surface area contributed by atoms with Gasteiger partial charge in [0.25, 0.3) is 0 Å². The van der Waals surface area contributed by atoms with Crippen LogP contribution in [0.5, 0.6) is 0 Å². The average molecular weight is 247 g/mol. The standard InChI is InChI=1S/C10H17NO2S2/c1-7(2)14-6-9-11-8(5-15-9)10(12-3)13-4/h5,7,10H,6H2,1-4H3. The van der Waals surface area contributed by atoms with E-state index >= 15 is 0 Å². The van der Waals surface area contributed by atoms with E-state index in [9.17, 15) is 0 Å². The summed E-state index contributed by atoms with van der Waals surface area (Å²) in [6.45, 7) is 4.37. The van der Waals surface area contributed by atoms with Gasteiger partial charge in [-0.25, -0.2) is 4.98 Å². The second kappa shape index (κ2) is 6.48. The summed E-state index contributed by atoms with van der Waals surface area (Å²) in [6.07, 6.45) is -0.334. The zero-order valence-electron chi connectivity index (χ0n) is 9.52. The number of methoxy groups -OCH3 is 2. The molecule has 0 aliphatic rings. The van der Waals surface area contributed by atoms with Gasteiger partial charge >= 0.3 is 0 Å². The molecule has 0 fully saturated rings. The topological polar surface area (TPSA) is 31.4 Å². The first-order valence-electron chi connectivity index (χ1n) is 4.78. The Morgan fingerprint density at radius 2 is 2.07 bits per heavy atom. The van der Waals surface area contributed by atoms with Gasteiger partial charge in [-0.3, -0.25) is 0 Å². The second-order valence-corrected chi connectivity index (χ2v) is 5.84. The first-order valence-corrected chi connectivity index (χ1v) is 6.71. The summed E-state index contributed by atoms with van der Waals surface area (Å²) in [5.41, 5.74) is 0.865. The first-order chi connectivity index (χ1) is 7.17. The lowest BCUT2D eigenvalue weighted by atomic mass is 10.5. The fourth-order valence-electron chi connectivity index (χ4n) is 1.08. The van der Waals surface area contributed by atoms with Gasteiger partial charge in [-0.2, -0.15) is 11.8 Å². The molecule has 0 saturated heterocycles. The smallest absolute Gasteiger partial charge is 0.201 e. The quantitative estimate of drug-likeness (QED) is 0.723. The fraction of sp³-hybridized carbons (Fsp3) is 0.700. The Morgan fingerprint density at radius 3 is 2.60 bits per heavy atom. The number of nitrogens with zero attached hydrogens (tertiary/aromatic N) is 1. The first kappa shape index (κ1) is 13.0. The van der Waals surface area contributed by atoms with E-state index in [0.29, 0.717) is 5.25 Å². The van der Waals surface area contributed by atoms with Crippen LogP contribution in [0.15, 0.2) is 5.38 Å². The maximum Gasteiger partial charge on any atom is 0.201 e. The van der Waals surface area contributed by atoms with Crippen molar-refractivity contribution in [1.29, 1.82) is 0 Å². The van der Waals surface area contributed by atoms with Crippen molar-refractivity contribution >= 4 is 23.1 Å². The maximum atomic E-state index is 5.14. The number of ether oxygens (including phenoxy) is 2. The highest BCUT2D eigenvalue weighted by Gasteiger charge is 2.13. The number of thiazole rings is 1. The van der Waals surface area contributed by atoms with Gasteiger partial charge in [-0.1, -0.05) is 13.8 Å². The van der Waals surface area contributed by atoms with Crippen LogP contribution in [0.3, 0.4) is 0 Å². The molecule has 15 heavy (non-hydrogen) atoms. The molecule has 3 nitrogen and oxygen atoms in total. The Morgan fingerprint density at radius 1 is 1.40 bits per heavy atom. The van der Waals surface area contributed by atoms with E-state index in [1.165, 1.54) is 0 Å². The highest BCUT2D eigenvalue weighted by Crippen LogP contribution is 2.24. The van der Waals surface area contributed by atoms with Gasteiger partial charge in [0.2, 0.25) is 6.29 Å². The van der Waals surface area contributed by atoms with Crippen molar-refractivity contribution in [3.63, 3.8) is 0 Å². The largest absolute Gasteiger partial charge is 0.350 e. The molecular weight excluding hydrogens is 230 g/mol. The summed E-state index contributed by atoms with van der Waals surface area (Å²) in [5, 5.41) is 3.76. The summed E-state index contributed by atoms with van der Waals surface area (Å²) in [7, 11) is 3.24. The zero-order chi connectivity index (χ0) is 11.3. The van der Waals surface area contributed by atoms with E-state index < -0.39 is 0 Å². The number of thioether (sulfide) groups is 1. The molecule has 1 heterocycles. The molecule has 0 bridgehead atoms. The van der Waals surface area contributed by atoms with Crippen LogP contribution in [0.25, 0.3) is 0 Å². The van der Waals surface area contributed by atoms with Crippen LogP contribution < -0.4 is 0 Å². The molecule has 0 N–H and O–H groups in total. The minimum Gasteiger partial charge on any atom is -0.350 e.